The number of halogens is 3. The summed E-state index contributed by atoms with van der Waals surface area (Å²) in [6.45, 7) is 8.71. The summed E-state index contributed by atoms with van der Waals surface area (Å²) in [6, 6.07) is 0. The molecule has 0 saturated heterocycles. The van der Waals surface area contributed by atoms with Gasteiger partial charge in [0.05, 0.1) is 0 Å². The second-order valence-corrected chi connectivity index (χ2v) is 2.50. The van der Waals surface area contributed by atoms with Gasteiger partial charge in [-0.25, -0.2) is 0 Å². The predicted octanol–water partition coefficient (Wildman–Crippen LogP) is -6.70. The molecule has 0 aromatic heterocycles. The van der Waals surface area contributed by atoms with Crippen molar-refractivity contribution in [2.24, 2.45) is 0 Å². The van der Waals surface area contributed by atoms with E-state index in [4.69, 9.17) is 0 Å². The first-order chi connectivity index (χ1) is 3.64. The molecule has 0 fully saturated rings. The number of hydrogen-bond donors (Lipinski definition) is 0. The third-order valence-electron chi connectivity index (χ3n) is 2.25. The summed E-state index contributed by atoms with van der Waals surface area (Å²) in [4.78, 5) is 0. The topological polar surface area (TPSA) is 0 Å². The summed E-state index contributed by atoms with van der Waals surface area (Å²) in [5, 5.41) is 0. The summed E-state index contributed by atoms with van der Waals surface area (Å²) in [5.41, 5.74) is 5.95. The van der Waals surface area contributed by atoms with Gasteiger partial charge in [-0.15, -0.1) is 0 Å². The maximum atomic E-state index is 2.18. The molecule has 1 aliphatic rings. The number of rotatable bonds is 0. The molecule has 0 amide bonds. The maximum absolute atomic E-state index is 2.18. The monoisotopic (exact) mass is 240 g/mol. The fraction of sp³-hybridized carbons (Fsp3) is 0.500. The van der Waals surface area contributed by atoms with E-state index in [0.717, 1.165) is 0 Å². The largest absolute Gasteiger partial charge is 3.00 e. The molecule has 0 bridgehead atoms. The fourth-order valence-corrected chi connectivity index (χ4v) is 1.06. The maximum Gasteiger partial charge on any atom is 3.00 e. The SMILES string of the molecule is CC1=C(C)C(C)=C1C.[Al+3].[Cl-].[Cl-].[Cl-]. The fourth-order valence-electron chi connectivity index (χ4n) is 1.06. The van der Waals surface area contributed by atoms with Crippen molar-refractivity contribution in [1.82, 2.24) is 0 Å². The molecule has 0 spiro atoms. The van der Waals surface area contributed by atoms with Crippen LogP contribution in [-0.4, -0.2) is 17.4 Å². The molecule has 1 aliphatic carbocycles. The molecule has 0 nitrogen and oxygen atoms in total. The van der Waals surface area contributed by atoms with Crippen LogP contribution in [0.25, 0.3) is 0 Å². The Morgan fingerprint density at radius 2 is 0.583 bits per heavy atom. The van der Waals surface area contributed by atoms with Gasteiger partial charge in [-0.3, -0.25) is 0 Å². The van der Waals surface area contributed by atoms with E-state index in [1.54, 1.807) is 0 Å². The summed E-state index contributed by atoms with van der Waals surface area (Å²) in [6.07, 6.45) is 0. The zero-order valence-corrected chi connectivity index (χ0v) is 11.1. The van der Waals surface area contributed by atoms with Gasteiger partial charge >= 0.3 is 17.4 Å². The first-order valence-electron chi connectivity index (χ1n) is 3.00. The molecule has 68 valence electrons. The standard InChI is InChI=1S/C8H12.Al.3ClH/c1-5-6(2)8(4)7(5)3;;;;/h1-4H3;;3*1H/q;+3;;;/p-3. The average Bonchev–Trinajstić information content (AvgIpc) is 1.83. The van der Waals surface area contributed by atoms with Crippen molar-refractivity contribution in [2.75, 3.05) is 0 Å². The Morgan fingerprint density at radius 1 is 0.500 bits per heavy atom. The second kappa shape index (κ2) is 8.48. The van der Waals surface area contributed by atoms with E-state index in [1.165, 1.54) is 22.3 Å². The van der Waals surface area contributed by atoms with Crippen molar-refractivity contribution >= 4 is 17.4 Å². The minimum atomic E-state index is 0. The van der Waals surface area contributed by atoms with Crippen LogP contribution in [0.15, 0.2) is 22.3 Å². The van der Waals surface area contributed by atoms with Crippen molar-refractivity contribution in [3.63, 3.8) is 0 Å². The Morgan fingerprint density at radius 3 is 0.667 bits per heavy atom. The average molecular weight is 242 g/mol. The van der Waals surface area contributed by atoms with E-state index < -0.39 is 0 Å². The Kier molecular flexibility index (Phi) is 16.3. The first kappa shape index (κ1) is 23.1. The zero-order chi connectivity index (χ0) is 6.31. The van der Waals surface area contributed by atoms with Crippen LogP contribution in [0.4, 0.5) is 0 Å². The van der Waals surface area contributed by atoms with Crippen molar-refractivity contribution in [3.05, 3.63) is 22.3 Å². The second-order valence-electron chi connectivity index (χ2n) is 2.50. The van der Waals surface area contributed by atoms with Crippen LogP contribution in [0.1, 0.15) is 27.7 Å². The molecule has 1 rings (SSSR count). The van der Waals surface area contributed by atoms with Gasteiger partial charge in [0.1, 0.15) is 0 Å². The third kappa shape index (κ3) is 3.73. The van der Waals surface area contributed by atoms with Crippen molar-refractivity contribution in [3.8, 4) is 0 Å². The summed E-state index contributed by atoms with van der Waals surface area (Å²) in [7, 11) is 0. The van der Waals surface area contributed by atoms with Gasteiger partial charge in [0.2, 0.25) is 0 Å². The molecular weight excluding hydrogens is 229 g/mol. The van der Waals surface area contributed by atoms with E-state index >= 15 is 0 Å². The van der Waals surface area contributed by atoms with Gasteiger partial charge in [0, 0.05) is 0 Å². The Labute approximate surface area is 104 Å². The van der Waals surface area contributed by atoms with Crippen LogP contribution < -0.4 is 37.2 Å². The molecule has 0 N–H and O–H groups in total. The van der Waals surface area contributed by atoms with E-state index in [9.17, 15) is 0 Å². The predicted molar refractivity (Wildman–Crippen MR) is 42.5 cm³/mol. The number of hydrogen-bond acceptors (Lipinski definition) is 0. The van der Waals surface area contributed by atoms with Gasteiger partial charge in [0.15, 0.2) is 0 Å². The normalized spacial score (nSPS) is 13.0. The quantitative estimate of drug-likeness (QED) is 0.370. The third-order valence-corrected chi connectivity index (χ3v) is 2.25. The molecule has 0 aromatic carbocycles. The Bertz CT molecular complexity index is 141. The smallest absolute Gasteiger partial charge is 1.00 e. The van der Waals surface area contributed by atoms with Gasteiger partial charge in [-0.1, -0.05) is 0 Å². The van der Waals surface area contributed by atoms with Crippen molar-refractivity contribution in [1.29, 1.82) is 0 Å². The molecule has 0 saturated carbocycles. The van der Waals surface area contributed by atoms with Crippen LogP contribution in [0.3, 0.4) is 0 Å². The molecule has 0 heterocycles. The van der Waals surface area contributed by atoms with Crippen LogP contribution in [0, 0.1) is 0 Å². The molecule has 0 unspecified atom stereocenters. The summed E-state index contributed by atoms with van der Waals surface area (Å²) < 4.78 is 0. The van der Waals surface area contributed by atoms with E-state index in [-0.39, 0.29) is 54.6 Å². The van der Waals surface area contributed by atoms with Gasteiger partial charge in [0.25, 0.3) is 0 Å². The molecule has 0 aliphatic heterocycles. The van der Waals surface area contributed by atoms with E-state index in [0.29, 0.717) is 0 Å². The summed E-state index contributed by atoms with van der Waals surface area (Å²) >= 11 is 0. The van der Waals surface area contributed by atoms with E-state index in [2.05, 4.69) is 27.7 Å². The minimum absolute atomic E-state index is 0. The molecule has 4 heteroatoms. The molecule has 0 aromatic rings. The van der Waals surface area contributed by atoms with Crippen molar-refractivity contribution < 1.29 is 37.2 Å². The number of allylic oxidation sites excluding steroid dienone is 4. The van der Waals surface area contributed by atoms with Crippen molar-refractivity contribution in [2.45, 2.75) is 27.7 Å². The van der Waals surface area contributed by atoms with Gasteiger partial charge in [-0.2, -0.15) is 0 Å². The van der Waals surface area contributed by atoms with E-state index in [1.807, 2.05) is 0 Å². The van der Waals surface area contributed by atoms with Crippen LogP contribution in [0.2, 0.25) is 0 Å². The van der Waals surface area contributed by atoms with Gasteiger partial charge in [-0.05, 0) is 50.0 Å². The van der Waals surface area contributed by atoms with Gasteiger partial charge < -0.3 is 37.2 Å². The Balaban J connectivity index is -0.0000000800. The summed E-state index contributed by atoms with van der Waals surface area (Å²) in [5.74, 6) is 0. The van der Waals surface area contributed by atoms with Crippen LogP contribution >= 0.6 is 0 Å². The molecule has 12 heavy (non-hydrogen) atoms. The van der Waals surface area contributed by atoms with Crippen LogP contribution in [-0.2, 0) is 0 Å². The Hall–Kier alpha value is 0.882. The zero-order valence-electron chi connectivity index (χ0n) is 7.71. The minimum Gasteiger partial charge on any atom is -1.00 e. The first-order valence-corrected chi connectivity index (χ1v) is 3.00. The van der Waals surface area contributed by atoms with Crippen LogP contribution in [0.5, 0.6) is 0 Å². The molecular formula is C8H12AlCl3. The molecule has 0 radical (unpaired) electrons. The molecule has 0 atom stereocenters.